The molecule has 0 fully saturated rings. The fraction of sp³-hybridized carbons (Fsp3) is 0.533. The van der Waals surface area contributed by atoms with Gasteiger partial charge in [0.05, 0.1) is 11.0 Å². The molecule has 0 radical (unpaired) electrons. The highest BCUT2D eigenvalue weighted by Crippen LogP contribution is 2.38. The zero-order chi connectivity index (χ0) is 15.2. The number of aryl methyl sites for hydroxylation is 2. The summed E-state index contributed by atoms with van der Waals surface area (Å²) in [6.45, 7) is 6.47. The third-order valence-electron chi connectivity index (χ3n) is 4.48. The van der Waals surface area contributed by atoms with Crippen molar-refractivity contribution in [2.45, 2.75) is 33.2 Å². The number of nitrogens with zero attached hydrogens (tertiary/aromatic N) is 2. The van der Waals surface area contributed by atoms with Gasteiger partial charge in [0.15, 0.2) is 0 Å². The molecule has 2 N–H and O–H groups in total. The molecule has 20 heavy (non-hydrogen) atoms. The van der Waals surface area contributed by atoms with Crippen LogP contribution in [0.3, 0.4) is 0 Å². The normalized spacial score (nSPS) is 13.9. The van der Waals surface area contributed by atoms with E-state index in [9.17, 15) is 4.79 Å². The Balaban J connectivity index is 2.71. The monoisotopic (exact) mass is 339 g/mol. The van der Waals surface area contributed by atoms with E-state index in [1.165, 1.54) is 0 Å². The van der Waals surface area contributed by atoms with Crippen LogP contribution in [0.2, 0.25) is 0 Å². The van der Waals surface area contributed by atoms with Crippen LogP contribution in [0.1, 0.15) is 38.8 Å². The standard InChI is InChI=1S/C15H22BrN3O/c1-6-15(2,3)13(17)9-7-11-12(8-10(9)16)19(5)14(20)18(11)4/h7-8,13H,6,17H2,1-5H3. The Morgan fingerprint density at radius 2 is 1.75 bits per heavy atom. The lowest BCUT2D eigenvalue weighted by Crippen LogP contribution is -2.28. The predicted molar refractivity (Wildman–Crippen MR) is 86.9 cm³/mol. The van der Waals surface area contributed by atoms with Crippen LogP contribution in [-0.4, -0.2) is 9.13 Å². The molecule has 5 heteroatoms. The van der Waals surface area contributed by atoms with Crippen LogP contribution in [0.15, 0.2) is 21.4 Å². The summed E-state index contributed by atoms with van der Waals surface area (Å²) >= 11 is 3.60. The third kappa shape index (κ3) is 2.23. The van der Waals surface area contributed by atoms with Crippen molar-refractivity contribution in [3.63, 3.8) is 0 Å². The van der Waals surface area contributed by atoms with Gasteiger partial charge in [-0.2, -0.15) is 0 Å². The molecule has 0 saturated heterocycles. The molecule has 1 atom stereocenters. The fourth-order valence-electron chi connectivity index (χ4n) is 2.42. The van der Waals surface area contributed by atoms with Crippen LogP contribution in [0, 0.1) is 5.41 Å². The lowest BCUT2D eigenvalue weighted by Gasteiger charge is -2.31. The highest BCUT2D eigenvalue weighted by molar-refractivity contribution is 9.10. The first-order valence-corrected chi connectivity index (χ1v) is 7.60. The predicted octanol–water partition coefficient (Wildman–Crippen LogP) is 3.08. The third-order valence-corrected chi connectivity index (χ3v) is 5.17. The highest BCUT2D eigenvalue weighted by atomic mass is 79.9. The molecule has 110 valence electrons. The van der Waals surface area contributed by atoms with Gasteiger partial charge in [0, 0.05) is 24.6 Å². The van der Waals surface area contributed by atoms with Crippen molar-refractivity contribution in [2.24, 2.45) is 25.2 Å². The Bertz CT molecular complexity index is 712. The summed E-state index contributed by atoms with van der Waals surface area (Å²) in [5.41, 5.74) is 9.30. The Labute approximate surface area is 127 Å². The Hall–Kier alpha value is -1.07. The molecule has 0 saturated carbocycles. The van der Waals surface area contributed by atoms with Crippen molar-refractivity contribution >= 4 is 27.0 Å². The van der Waals surface area contributed by atoms with E-state index in [1.807, 2.05) is 12.1 Å². The zero-order valence-electron chi connectivity index (χ0n) is 12.7. The van der Waals surface area contributed by atoms with Crippen molar-refractivity contribution in [2.75, 3.05) is 0 Å². The molecule has 1 aromatic heterocycles. The van der Waals surface area contributed by atoms with E-state index in [1.54, 1.807) is 23.2 Å². The zero-order valence-corrected chi connectivity index (χ0v) is 14.3. The van der Waals surface area contributed by atoms with Crippen molar-refractivity contribution in [1.29, 1.82) is 0 Å². The average molecular weight is 340 g/mol. The molecule has 0 bridgehead atoms. The number of aromatic nitrogens is 2. The van der Waals surface area contributed by atoms with Gasteiger partial charge in [0.1, 0.15) is 0 Å². The van der Waals surface area contributed by atoms with E-state index in [2.05, 4.69) is 36.7 Å². The molecule has 0 aliphatic heterocycles. The van der Waals surface area contributed by atoms with E-state index >= 15 is 0 Å². The number of imidazole rings is 1. The first kappa shape index (κ1) is 15.3. The largest absolute Gasteiger partial charge is 0.328 e. The van der Waals surface area contributed by atoms with Crippen LogP contribution in [0.25, 0.3) is 11.0 Å². The first-order chi connectivity index (χ1) is 9.20. The first-order valence-electron chi connectivity index (χ1n) is 6.81. The fourth-order valence-corrected chi connectivity index (χ4v) is 2.99. The van der Waals surface area contributed by atoms with Gasteiger partial charge in [-0.3, -0.25) is 9.13 Å². The molecule has 1 aromatic carbocycles. The molecule has 4 nitrogen and oxygen atoms in total. The minimum Gasteiger partial charge on any atom is -0.323 e. The molecule has 0 amide bonds. The molecule has 0 spiro atoms. The summed E-state index contributed by atoms with van der Waals surface area (Å²) in [7, 11) is 3.57. The SMILES string of the molecule is CCC(C)(C)C(N)c1cc2c(cc1Br)n(C)c(=O)n2C. The maximum atomic E-state index is 12.0. The van der Waals surface area contributed by atoms with Crippen LogP contribution < -0.4 is 11.4 Å². The van der Waals surface area contributed by atoms with E-state index < -0.39 is 0 Å². The van der Waals surface area contributed by atoms with E-state index in [0.29, 0.717) is 0 Å². The van der Waals surface area contributed by atoms with Gasteiger partial charge in [-0.15, -0.1) is 0 Å². The molecule has 0 aliphatic carbocycles. The molecule has 1 unspecified atom stereocenters. The number of benzene rings is 1. The smallest absolute Gasteiger partial charge is 0.323 e. The molecule has 2 aromatic rings. The van der Waals surface area contributed by atoms with Crippen molar-refractivity contribution < 1.29 is 0 Å². The summed E-state index contributed by atoms with van der Waals surface area (Å²) in [5.74, 6) is 0. The second-order valence-electron chi connectivity index (χ2n) is 6.08. The van der Waals surface area contributed by atoms with Gasteiger partial charge >= 0.3 is 5.69 Å². The summed E-state index contributed by atoms with van der Waals surface area (Å²) in [6, 6.07) is 3.93. The maximum absolute atomic E-state index is 12.0. The second-order valence-corrected chi connectivity index (χ2v) is 6.94. The Morgan fingerprint density at radius 3 is 2.25 bits per heavy atom. The Kier molecular flexibility index (Phi) is 3.86. The summed E-state index contributed by atoms with van der Waals surface area (Å²) in [4.78, 5) is 12.0. The number of rotatable bonds is 3. The number of hydrogen-bond acceptors (Lipinski definition) is 2. The number of nitrogens with two attached hydrogens (primary N) is 1. The number of halogens is 1. The quantitative estimate of drug-likeness (QED) is 0.934. The average Bonchev–Trinajstić information content (AvgIpc) is 2.62. The van der Waals surface area contributed by atoms with Crippen LogP contribution in [-0.2, 0) is 14.1 Å². The van der Waals surface area contributed by atoms with Crippen molar-refractivity contribution in [3.05, 3.63) is 32.7 Å². The summed E-state index contributed by atoms with van der Waals surface area (Å²) in [5, 5.41) is 0. The maximum Gasteiger partial charge on any atom is 0.328 e. The van der Waals surface area contributed by atoms with Gasteiger partial charge in [-0.25, -0.2) is 4.79 Å². The minimum atomic E-state index is -0.0819. The van der Waals surface area contributed by atoms with E-state index in [-0.39, 0.29) is 17.1 Å². The number of fused-ring (bicyclic) bond motifs is 1. The Morgan fingerprint density at radius 1 is 1.25 bits per heavy atom. The van der Waals surface area contributed by atoms with Gasteiger partial charge in [-0.05, 0) is 29.5 Å². The summed E-state index contributed by atoms with van der Waals surface area (Å²) < 4.78 is 4.28. The van der Waals surface area contributed by atoms with Crippen LogP contribution >= 0.6 is 15.9 Å². The van der Waals surface area contributed by atoms with Gasteiger partial charge in [0.2, 0.25) is 0 Å². The van der Waals surface area contributed by atoms with E-state index in [4.69, 9.17) is 5.73 Å². The van der Waals surface area contributed by atoms with Crippen molar-refractivity contribution in [1.82, 2.24) is 9.13 Å². The lowest BCUT2D eigenvalue weighted by molar-refractivity contribution is 0.278. The molecular formula is C15H22BrN3O. The molecule has 2 rings (SSSR count). The summed E-state index contributed by atoms with van der Waals surface area (Å²) in [6.07, 6.45) is 0.992. The highest BCUT2D eigenvalue weighted by Gasteiger charge is 2.28. The van der Waals surface area contributed by atoms with Crippen molar-refractivity contribution in [3.8, 4) is 0 Å². The van der Waals surface area contributed by atoms with E-state index in [0.717, 1.165) is 27.5 Å². The van der Waals surface area contributed by atoms with Crippen LogP contribution in [0.5, 0.6) is 0 Å². The van der Waals surface area contributed by atoms with Gasteiger partial charge in [-0.1, -0.05) is 36.7 Å². The van der Waals surface area contributed by atoms with Crippen LogP contribution in [0.4, 0.5) is 0 Å². The second kappa shape index (κ2) is 5.04. The molecular weight excluding hydrogens is 318 g/mol. The molecule has 1 heterocycles. The van der Waals surface area contributed by atoms with Gasteiger partial charge in [0.25, 0.3) is 0 Å². The number of hydrogen-bond donors (Lipinski definition) is 1. The lowest BCUT2D eigenvalue weighted by atomic mass is 9.79. The molecule has 0 aliphatic rings. The van der Waals surface area contributed by atoms with Gasteiger partial charge < -0.3 is 5.73 Å². The topological polar surface area (TPSA) is 52.9 Å². The minimum absolute atomic E-state index is 0.00381.